The first kappa shape index (κ1) is 15.3. The van der Waals surface area contributed by atoms with E-state index in [1.54, 1.807) is 20.3 Å². The van der Waals surface area contributed by atoms with Crippen LogP contribution in [0.2, 0.25) is 0 Å². The highest BCUT2D eigenvalue weighted by atomic mass is 16.5. The second-order valence-electron chi connectivity index (χ2n) is 5.29. The Labute approximate surface area is 124 Å². The lowest BCUT2D eigenvalue weighted by molar-refractivity contribution is 0.335. The predicted octanol–water partition coefficient (Wildman–Crippen LogP) is 2.80. The smallest absolute Gasteiger partial charge is 0.243 e. The lowest BCUT2D eigenvalue weighted by atomic mass is 10.0. The van der Waals surface area contributed by atoms with Crippen molar-refractivity contribution < 1.29 is 14.0 Å². The molecule has 0 saturated carbocycles. The minimum Gasteiger partial charge on any atom is -0.497 e. The molecule has 0 unspecified atom stereocenters. The maximum Gasteiger partial charge on any atom is 0.243 e. The topological polar surface area (TPSA) is 83.4 Å². The van der Waals surface area contributed by atoms with E-state index in [9.17, 15) is 0 Å². The minimum absolute atomic E-state index is 0.251. The van der Waals surface area contributed by atoms with Crippen molar-refractivity contribution in [1.82, 2.24) is 10.1 Å². The van der Waals surface area contributed by atoms with Gasteiger partial charge in [0.05, 0.1) is 20.3 Å². The van der Waals surface area contributed by atoms with Crippen LogP contribution < -0.4 is 15.2 Å². The highest BCUT2D eigenvalue weighted by molar-refractivity contribution is 5.60. The molecule has 2 N–H and O–H groups in total. The molecule has 114 valence electrons. The fraction of sp³-hybridized carbons (Fsp3) is 0.467. The summed E-state index contributed by atoms with van der Waals surface area (Å²) in [5.41, 5.74) is 6.82. The van der Waals surface area contributed by atoms with Crippen LogP contribution in [-0.4, -0.2) is 24.4 Å². The second kappa shape index (κ2) is 6.58. The van der Waals surface area contributed by atoms with Crippen LogP contribution in [0.5, 0.6) is 11.5 Å². The van der Waals surface area contributed by atoms with Crippen molar-refractivity contribution in [2.24, 2.45) is 11.7 Å². The van der Waals surface area contributed by atoms with Gasteiger partial charge in [-0.2, -0.15) is 4.98 Å². The summed E-state index contributed by atoms with van der Waals surface area (Å²) in [6.45, 7) is 4.20. The zero-order chi connectivity index (χ0) is 15.4. The first-order valence-corrected chi connectivity index (χ1v) is 6.86. The van der Waals surface area contributed by atoms with Crippen molar-refractivity contribution in [3.8, 4) is 22.9 Å². The van der Waals surface area contributed by atoms with E-state index in [1.165, 1.54) is 0 Å². The van der Waals surface area contributed by atoms with Crippen LogP contribution in [0.25, 0.3) is 11.4 Å². The van der Waals surface area contributed by atoms with Gasteiger partial charge in [-0.25, -0.2) is 0 Å². The molecule has 0 bridgehead atoms. The number of methoxy groups -OCH3 is 2. The van der Waals surface area contributed by atoms with Gasteiger partial charge in [-0.3, -0.25) is 0 Å². The van der Waals surface area contributed by atoms with E-state index in [1.807, 2.05) is 12.1 Å². The summed E-state index contributed by atoms with van der Waals surface area (Å²) in [7, 11) is 3.19. The van der Waals surface area contributed by atoms with Gasteiger partial charge in [-0.1, -0.05) is 19.0 Å². The summed E-state index contributed by atoms with van der Waals surface area (Å²) >= 11 is 0. The molecule has 2 aromatic rings. The van der Waals surface area contributed by atoms with E-state index in [2.05, 4.69) is 24.0 Å². The van der Waals surface area contributed by atoms with Gasteiger partial charge in [0, 0.05) is 11.6 Å². The van der Waals surface area contributed by atoms with Crippen molar-refractivity contribution in [2.75, 3.05) is 14.2 Å². The van der Waals surface area contributed by atoms with Gasteiger partial charge in [-0.15, -0.1) is 0 Å². The number of hydrogen-bond donors (Lipinski definition) is 1. The highest BCUT2D eigenvalue weighted by Crippen LogP contribution is 2.29. The Balaban J connectivity index is 2.28. The van der Waals surface area contributed by atoms with Crippen molar-refractivity contribution in [1.29, 1.82) is 0 Å². The van der Waals surface area contributed by atoms with Crippen LogP contribution in [0.1, 0.15) is 32.2 Å². The number of rotatable bonds is 6. The van der Waals surface area contributed by atoms with Crippen molar-refractivity contribution in [3.63, 3.8) is 0 Å². The normalized spacial score (nSPS) is 12.5. The fourth-order valence-corrected chi connectivity index (χ4v) is 2.05. The molecule has 0 fully saturated rings. The van der Waals surface area contributed by atoms with Gasteiger partial charge in [0.15, 0.2) is 0 Å². The molecular weight excluding hydrogens is 270 g/mol. The fourth-order valence-electron chi connectivity index (χ4n) is 2.05. The number of aromatic nitrogens is 2. The second-order valence-corrected chi connectivity index (χ2v) is 5.29. The lowest BCUT2D eigenvalue weighted by Crippen LogP contribution is -2.13. The SMILES string of the molecule is COc1cc(OC)cc(-c2noc([C@@H](N)CC(C)C)n2)c1. The molecule has 2 rings (SSSR count). The molecule has 1 atom stereocenters. The molecule has 1 aromatic heterocycles. The van der Waals surface area contributed by atoms with Crippen LogP contribution in [0, 0.1) is 5.92 Å². The van der Waals surface area contributed by atoms with E-state index in [0.29, 0.717) is 29.1 Å². The molecule has 21 heavy (non-hydrogen) atoms. The Hall–Kier alpha value is -2.08. The Morgan fingerprint density at radius 1 is 1.14 bits per heavy atom. The van der Waals surface area contributed by atoms with Gasteiger partial charge >= 0.3 is 0 Å². The molecule has 6 heteroatoms. The summed E-state index contributed by atoms with van der Waals surface area (Å²) in [6.07, 6.45) is 0.795. The molecule has 0 aliphatic carbocycles. The number of nitrogens with zero attached hydrogens (tertiary/aromatic N) is 2. The summed E-state index contributed by atoms with van der Waals surface area (Å²) in [4.78, 5) is 4.37. The Bertz CT molecular complexity index is 573. The van der Waals surface area contributed by atoms with Crippen LogP contribution in [0.3, 0.4) is 0 Å². The molecule has 0 spiro atoms. The molecule has 0 saturated heterocycles. The molecule has 0 radical (unpaired) electrons. The average molecular weight is 291 g/mol. The Morgan fingerprint density at radius 2 is 1.76 bits per heavy atom. The predicted molar refractivity (Wildman–Crippen MR) is 79.2 cm³/mol. The number of hydrogen-bond acceptors (Lipinski definition) is 6. The molecule has 6 nitrogen and oxygen atoms in total. The maximum absolute atomic E-state index is 6.05. The average Bonchev–Trinajstić information content (AvgIpc) is 2.96. The third kappa shape index (κ3) is 3.72. The first-order chi connectivity index (χ1) is 10.0. The van der Waals surface area contributed by atoms with Crippen molar-refractivity contribution in [2.45, 2.75) is 26.3 Å². The molecule has 0 aliphatic rings. The molecule has 0 aliphatic heterocycles. The summed E-state index contributed by atoms with van der Waals surface area (Å²) in [5, 5.41) is 3.99. The van der Waals surface area contributed by atoms with E-state index >= 15 is 0 Å². The largest absolute Gasteiger partial charge is 0.497 e. The molecular formula is C15H21N3O3. The minimum atomic E-state index is -0.251. The first-order valence-electron chi connectivity index (χ1n) is 6.86. The molecule has 1 aromatic carbocycles. The van der Waals surface area contributed by atoms with Crippen LogP contribution in [-0.2, 0) is 0 Å². The van der Waals surface area contributed by atoms with Crippen molar-refractivity contribution in [3.05, 3.63) is 24.1 Å². The van der Waals surface area contributed by atoms with E-state index in [0.717, 1.165) is 12.0 Å². The summed E-state index contributed by atoms with van der Waals surface area (Å²) < 4.78 is 15.7. The van der Waals surface area contributed by atoms with Gasteiger partial charge in [0.1, 0.15) is 11.5 Å². The van der Waals surface area contributed by atoms with E-state index in [4.69, 9.17) is 19.7 Å². The Kier molecular flexibility index (Phi) is 4.80. The summed E-state index contributed by atoms with van der Waals surface area (Å²) in [6, 6.07) is 5.18. The summed E-state index contributed by atoms with van der Waals surface area (Å²) in [5.74, 6) is 2.72. The maximum atomic E-state index is 6.05. The van der Waals surface area contributed by atoms with E-state index < -0.39 is 0 Å². The molecule has 0 amide bonds. The zero-order valence-corrected chi connectivity index (χ0v) is 12.8. The van der Waals surface area contributed by atoms with Crippen LogP contribution >= 0.6 is 0 Å². The highest BCUT2D eigenvalue weighted by Gasteiger charge is 2.17. The quantitative estimate of drug-likeness (QED) is 0.881. The third-order valence-electron chi connectivity index (χ3n) is 3.09. The Morgan fingerprint density at radius 3 is 2.29 bits per heavy atom. The van der Waals surface area contributed by atoms with Crippen LogP contribution in [0.15, 0.2) is 22.7 Å². The number of ether oxygens (including phenoxy) is 2. The lowest BCUT2D eigenvalue weighted by Gasteiger charge is -2.08. The van der Waals surface area contributed by atoms with Crippen LogP contribution in [0.4, 0.5) is 0 Å². The van der Waals surface area contributed by atoms with Gasteiger partial charge in [-0.05, 0) is 24.5 Å². The van der Waals surface area contributed by atoms with Gasteiger partial charge in [0.2, 0.25) is 11.7 Å². The third-order valence-corrected chi connectivity index (χ3v) is 3.09. The van der Waals surface area contributed by atoms with Gasteiger partial charge in [0.25, 0.3) is 0 Å². The molecule has 1 heterocycles. The zero-order valence-electron chi connectivity index (χ0n) is 12.8. The standard InChI is InChI=1S/C15H21N3O3/c1-9(2)5-13(16)15-17-14(18-21-15)10-6-11(19-3)8-12(7-10)20-4/h6-9,13H,5,16H2,1-4H3/t13-/m0/s1. The van der Waals surface area contributed by atoms with Gasteiger partial charge < -0.3 is 19.7 Å². The van der Waals surface area contributed by atoms with Crippen molar-refractivity contribution >= 4 is 0 Å². The number of benzene rings is 1. The monoisotopic (exact) mass is 291 g/mol. The van der Waals surface area contributed by atoms with E-state index in [-0.39, 0.29) is 6.04 Å². The number of nitrogens with two attached hydrogens (primary N) is 1.